The van der Waals surface area contributed by atoms with Crippen molar-refractivity contribution in [2.24, 2.45) is 0 Å². The van der Waals surface area contributed by atoms with Gasteiger partial charge in [0.1, 0.15) is 5.75 Å². The van der Waals surface area contributed by atoms with E-state index in [-0.39, 0.29) is 6.61 Å². The molecule has 0 bridgehead atoms. The number of likely N-dealkylation sites (tertiary alicyclic amines) is 1. The van der Waals surface area contributed by atoms with E-state index in [2.05, 4.69) is 63.2 Å². The average molecular weight is 424 g/mol. The van der Waals surface area contributed by atoms with E-state index < -0.39 is 0 Å². The fraction of sp³-hybridized carbons (Fsp3) is 0.538. The Balaban J connectivity index is 1.39. The fourth-order valence-electron chi connectivity index (χ4n) is 5.04. The van der Waals surface area contributed by atoms with E-state index in [1.807, 2.05) is 0 Å². The molecule has 4 rings (SSSR count). The second-order valence-corrected chi connectivity index (χ2v) is 8.99. The van der Waals surface area contributed by atoms with Crippen LogP contribution >= 0.6 is 0 Å². The Hall–Kier alpha value is -1.92. The zero-order valence-electron chi connectivity index (χ0n) is 18.9. The van der Waals surface area contributed by atoms with E-state index in [0.29, 0.717) is 6.04 Å². The second kappa shape index (κ2) is 11.1. The van der Waals surface area contributed by atoms with Crippen LogP contribution in [0.15, 0.2) is 48.5 Å². The Bertz CT molecular complexity index is 808. The van der Waals surface area contributed by atoms with Crippen molar-refractivity contribution < 1.29 is 9.84 Å². The molecule has 168 valence electrons. The number of methoxy groups -OCH3 is 1. The number of aliphatic hydroxyl groups excluding tert-OH is 1. The topological polar surface area (TPSA) is 39.2 Å². The van der Waals surface area contributed by atoms with Crippen LogP contribution in [0.2, 0.25) is 0 Å². The number of piperazine rings is 1. The lowest BCUT2D eigenvalue weighted by molar-refractivity contribution is 0.0499. The van der Waals surface area contributed by atoms with Crippen LogP contribution in [0.4, 0.5) is 0 Å². The van der Waals surface area contributed by atoms with Crippen molar-refractivity contribution in [1.82, 2.24) is 14.7 Å². The van der Waals surface area contributed by atoms with Crippen LogP contribution < -0.4 is 4.74 Å². The predicted octanol–water partition coefficient (Wildman–Crippen LogP) is 3.36. The molecule has 2 aliphatic rings. The molecule has 0 radical (unpaired) electrons. The highest BCUT2D eigenvalue weighted by Crippen LogP contribution is 2.25. The minimum absolute atomic E-state index is 0.242. The minimum atomic E-state index is 0.242. The predicted molar refractivity (Wildman–Crippen MR) is 125 cm³/mol. The van der Waals surface area contributed by atoms with Crippen LogP contribution in [-0.2, 0) is 19.6 Å². The Morgan fingerprint density at radius 3 is 2.42 bits per heavy atom. The average Bonchev–Trinajstić information content (AvgIpc) is 3.30. The van der Waals surface area contributed by atoms with Gasteiger partial charge < -0.3 is 9.84 Å². The highest BCUT2D eigenvalue weighted by atomic mass is 16.5. The molecule has 0 saturated carbocycles. The maximum Gasteiger partial charge on any atom is 0.123 e. The summed E-state index contributed by atoms with van der Waals surface area (Å²) in [5, 5.41) is 9.64. The van der Waals surface area contributed by atoms with E-state index in [4.69, 9.17) is 4.74 Å². The molecule has 5 nitrogen and oxygen atoms in total. The van der Waals surface area contributed by atoms with Crippen LogP contribution in [0.1, 0.15) is 36.0 Å². The Labute approximate surface area is 187 Å². The van der Waals surface area contributed by atoms with Gasteiger partial charge in [0.05, 0.1) is 7.11 Å². The Morgan fingerprint density at radius 1 is 0.871 bits per heavy atom. The molecule has 1 N–H and O–H groups in total. The lowest BCUT2D eigenvalue weighted by Gasteiger charge is -2.41. The summed E-state index contributed by atoms with van der Waals surface area (Å²) >= 11 is 0. The zero-order chi connectivity index (χ0) is 21.5. The summed E-state index contributed by atoms with van der Waals surface area (Å²) in [6.45, 7) is 8.62. The van der Waals surface area contributed by atoms with Gasteiger partial charge >= 0.3 is 0 Å². The third-order valence-electron chi connectivity index (χ3n) is 6.72. The van der Waals surface area contributed by atoms with Crippen LogP contribution in [0.3, 0.4) is 0 Å². The van der Waals surface area contributed by atoms with Crippen molar-refractivity contribution in [2.45, 2.75) is 44.9 Å². The summed E-state index contributed by atoms with van der Waals surface area (Å²) < 4.78 is 5.65. The molecule has 0 aromatic heterocycles. The summed E-state index contributed by atoms with van der Waals surface area (Å²) in [7, 11) is 1.77. The normalized spacial score (nSPS) is 20.9. The zero-order valence-corrected chi connectivity index (χ0v) is 18.9. The number of hydrogen-bond acceptors (Lipinski definition) is 5. The highest BCUT2D eigenvalue weighted by molar-refractivity contribution is 5.37. The molecule has 5 heteroatoms. The summed E-state index contributed by atoms with van der Waals surface area (Å²) in [6, 6.07) is 17.8. The number of rotatable bonds is 9. The maximum atomic E-state index is 9.64. The van der Waals surface area contributed by atoms with Crippen LogP contribution in [-0.4, -0.2) is 72.3 Å². The summed E-state index contributed by atoms with van der Waals surface area (Å²) in [6.07, 6.45) is 3.44. The largest absolute Gasteiger partial charge is 0.496 e. The van der Waals surface area contributed by atoms with Gasteiger partial charge in [-0.05, 0) is 55.6 Å². The Kier molecular flexibility index (Phi) is 7.97. The first-order chi connectivity index (χ1) is 15.2. The van der Waals surface area contributed by atoms with Crippen LogP contribution in [0.5, 0.6) is 5.75 Å². The van der Waals surface area contributed by atoms with Crippen molar-refractivity contribution >= 4 is 0 Å². The van der Waals surface area contributed by atoms with Gasteiger partial charge in [0.2, 0.25) is 0 Å². The van der Waals surface area contributed by atoms with Gasteiger partial charge in [-0.1, -0.05) is 36.4 Å². The number of nitrogens with zero attached hydrogens (tertiary/aromatic N) is 3. The van der Waals surface area contributed by atoms with Crippen LogP contribution in [0.25, 0.3) is 0 Å². The molecule has 2 heterocycles. The maximum absolute atomic E-state index is 9.64. The third-order valence-corrected chi connectivity index (χ3v) is 6.72. The molecule has 2 aromatic rings. The van der Waals surface area contributed by atoms with Gasteiger partial charge in [-0.15, -0.1) is 0 Å². The molecule has 2 aromatic carbocycles. The molecule has 31 heavy (non-hydrogen) atoms. The molecule has 2 fully saturated rings. The molecule has 1 unspecified atom stereocenters. The molecule has 2 saturated heterocycles. The van der Waals surface area contributed by atoms with Crippen molar-refractivity contribution in [1.29, 1.82) is 0 Å². The van der Waals surface area contributed by atoms with Crippen molar-refractivity contribution in [3.63, 3.8) is 0 Å². The Morgan fingerprint density at radius 2 is 1.68 bits per heavy atom. The summed E-state index contributed by atoms with van der Waals surface area (Å²) in [4.78, 5) is 7.61. The van der Waals surface area contributed by atoms with Crippen molar-refractivity contribution in [3.05, 3.63) is 65.2 Å². The monoisotopic (exact) mass is 423 g/mol. The lowest BCUT2D eigenvalue weighted by Crippen LogP contribution is -2.52. The van der Waals surface area contributed by atoms with Gasteiger partial charge in [-0.25, -0.2) is 0 Å². The van der Waals surface area contributed by atoms with Gasteiger partial charge in [-0.3, -0.25) is 14.7 Å². The van der Waals surface area contributed by atoms with E-state index in [9.17, 15) is 5.11 Å². The number of hydrogen-bond donors (Lipinski definition) is 1. The SMILES string of the molecule is COc1ccc(CN2CCN(Cc3ccccc3)C(CCO)C2)cc1CN1CCCC1. The smallest absolute Gasteiger partial charge is 0.123 e. The molecule has 0 aliphatic carbocycles. The third kappa shape index (κ3) is 6.07. The molecule has 0 amide bonds. The highest BCUT2D eigenvalue weighted by Gasteiger charge is 2.27. The first-order valence-corrected chi connectivity index (χ1v) is 11.7. The first-order valence-electron chi connectivity index (χ1n) is 11.7. The summed E-state index contributed by atoms with van der Waals surface area (Å²) in [5.41, 5.74) is 4.01. The molecular formula is C26H37N3O2. The molecule has 0 spiro atoms. The molecule has 1 atom stereocenters. The van der Waals surface area contributed by atoms with Crippen molar-refractivity contribution in [2.75, 3.05) is 46.4 Å². The quantitative estimate of drug-likeness (QED) is 0.670. The standard InChI is InChI=1S/C26H37N3O2/c1-31-26-10-9-23(17-24(26)20-27-12-5-6-13-27)18-28-14-15-29(25(21-28)11-16-30)19-22-7-3-2-4-8-22/h2-4,7-10,17,25,30H,5-6,11-16,18-21H2,1H3. The molecular weight excluding hydrogens is 386 g/mol. The van der Waals surface area contributed by atoms with E-state index >= 15 is 0 Å². The molecule has 2 aliphatic heterocycles. The first kappa shape index (κ1) is 22.3. The second-order valence-electron chi connectivity index (χ2n) is 8.99. The fourth-order valence-corrected chi connectivity index (χ4v) is 5.04. The number of ether oxygens (including phenoxy) is 1. The van der Waals surface area contributed by atoms with Gasteiger partial charge in [0, 0.05) is 57.5 Å². The number of aliphatic hydroxyl groups is 1. The van der Waals surface area contributed by atoms with Crippen molar-refractivity contribution in [3.8, 4) is 5.75 Å². The van der Waals surface area contributed by atoms with E-state index in [1.165, 1.54) is 42.6 Å². The van der Waals surface area contributed by atoms with Gasteiger partial charge in [0.15, 0.2) is 0 Å². The van der Waals surface area contributed by atoms with Gasteiger partial charge in [-0.2, -0.15) is 0 Å². The van der Waals surface area contributed by atoms with Crippen LogP contribution in [0, 0.1) is 0 Å². The minimum Gasteiger partial charge on any atom is -0.496 e. The number of benzene rings is 2. The van der Waals surface area contributed by atoms with E-state index in [0.717, 1.165) is 51.4 Å². The lowest BCUT2D eigenvalue weighted by atomic mass is 10.0. The summed E-state index contributed by atoms with van der Waals surface area (Å²) in [5.74, 6) is 1.00. The van der Waals surface area contributed by atoms with E-state index in [1.54, 1.807) is 7.11 Å². The van der Waals surface area contributed by atoms with Gasteiger partial charge in [0.25, 0.3) is 0 Å².